The molecule has 5 nitrogen and oxygen atoms in total. The van der Waals surface area contributed by atoms with Crippen molar-refractivity contribution < 1.29 is 9.59 Å². The van der Waals surface area contributed by atoms with Crippen molar-refractivity contribution in [2.75, 3.05) is 0 Å². The van der Waals surface area contributed by atoms with Gasteiger partial charge in [-0.3, -0.25) is 9.59 Å². The predicted molar refractivity (Wildman–Crippen MR) is 79.9 cm³/mol. The molecule has 0 atom stereocenters. The molecule has 2 aromatic rings. The van der Waals surface area contributed by atoms with Gasteiger partial charge in [0.1, 0.15) is 18.4 Å². The van der Waals surface area contributed by atoms with Crippen molar-refractivity contribution in [1.82, 2.24) is 14.8 Å². The Balaban J connectivity index is 1.82. The molecule has 0 amide bonds. The Kier molecular flexibility index (Phi) is 3.96. The fourth-order valence-corrected chi connectivity index (χ4v) is 2.67. The zero-order valence-corrected chi connectivity index (χ0v) is 12.9. The Hall–Kier alpha value is -1.82. The SMILES string of the molecule is O=C(CC(=O)C1CC1)c1ccc(Br)cc1Cn1cncn1. The number of ketones is 2. The van der Waals surface area contributed by atoms with E-state index in [0.29, 0.717) is 12.1 Å². The van der Waals surface area contributed by atoms with Crippen LogP contribution in [0, 0.1) is 5.92 Å². The van der Waals surface area contributed by atoms with E-state index in [0.717, 1.165) is 22.9 Å². The first kappa shape index (κ1) is 14.1. The van der Waals surface area contributed by atoms with Gasteiger partial charge in [0.05, 0.1) is 13.0 Å². The van der Waals surface area contributed by atoms with E-state index in [4.69, 9.17) is 0 Å². The first-order valence-electron chi connectivity index (χ1n) is 6.80. The molecular formula is C15H14BrN3O2. The van der Waals surface area contributed by atoms with Gasteiger partial charge in [-0.25, -0.2) is 9.67 Å². The largest absolute Gasteiger partial charge is 0.299 e. The topological polar surface area (TPSA) is 64.8 Å². The Morgan fingerprint density at radius 3 is 2.81 bits per heavy atom. The van der Waals surface area contributed by atoms with Crippen LogP contribution in [0.1, 0.15) is 35.2 Å². The molecular weight excluding hydrogens is 334 g/mol. The standard InChI is InChI=1S/C15H14BrN3O2/c16-12-3-4-13(15(21)6-14(20)10-1-2-10)11(5-12)7-19-9-17-8-18-19/h3-5,8-10H,1-2,6-7H2. The molecule has 0 radical (unpaired) electrons. The van der Waals surface area contributed by atoms with E-state index in [2.05, 4.69) is 26.0 Å². The molecule has 1 aromatic carbocycles. The lowest BCUT2D eigenvalue weighted by molar-refractivity contribution is -0.119. The summed E-state index contributed by atoms with van der Waals surface area (Å²) in [6.45, 7) is 0.456. The average Bonchev–Trinajstić information content (AvgIpc) is 3.18. The smallest absolute Gasteiger partial charge is 0.170 e. The summed E-state index contributed by atoms with van der Waals surface area (Å²) in [7, 11) is 0. The van der Waals surface area contributed by atoms with Crippen LogP contribution in [0.3, 0.4) is 0 Å². The molecule has 0 bridgehead atoms. The van der Waals surface area contributed by atoms with Gasteiger partial charge >= 0.3 is 0 Å². The normalized spacial score (nSPS) is 14.1. The van der Waals surface area contributed by atoms with Crippen LogP contribution in [0.4, 0.5) is 0 Å². The molecule has 1 aliphatic rings. The zero-order valence-electron chi connectivity index (χ0n) is 11.3. The summed E-state index contributed by atoms with van der Waals surface area (Å²) in [5.74, 6) is 0.0623. The second kappa shape index (κ2) is 5.89. The summed E-state index contributed by atoms with van der Waals surface area (Å²) in [6, 6.07) is 5.47. The summed E-state index contributed by atoms with van der Waals surface area (Å²) in [6.07, 6.45) is 4.91. The number of rotatable bonds is 6. The average molecular weight is 348 g/mol. The Bertz CT molecular complexity index is 678. The highest BCUT2D eigenvalue weighted by atomic mass is 79.9. The molecule has 3 rings (SSSR count). The highest BCUT2D eigenvalue weighted by Gasteiger charge is 2.31. The third-order valence-corrected chi connectivity index (χ3v) is 4.03. The third-order valence-electron chi connectivity index (χ3n) is 3.53. The van der Waals surface area contributed by atoms with E-state index in [9.17, 15) is 9.59 Å². The van der Waals surface area contributed by atoms with Crippen molar-refractivity contribution in [2.45, 2.75) is 25.8 Å². The lowest BCUT2D eigenvalue weighted by Crippen LogP contribution is -2.13. The highest BCUT2D eigenvalue weighted by Crippen LogP contribution is 2.31. The van der Waals surface area contributed by atoms with Crippen molar-refractivity contribution >= 4 is 27.5 Å². The Morgan fingerprint density at radius 2 is 2.14 bits per heavy atom. The first-order valence-corrected chi connectivity index (χ1v) is 7.59. The van der Waals surface area contributed by atoms with E-state index in [1.807, 2.05) is 12.1 Å². The minimum Gasteiger partial charge on any atom is -0.299 e. The van der Waals surface area contributed by atoms with Gasteiger partial charge in [0.15, 0.2) is 5.78 Å². The lowest BCUT2D eigenvalue weighted by Gasteiger charge is -2.09. The number of halogens is 1. The van der Waals surface area contributed by atoms with Gasteiger partial charge in [0.25, 0.3) is 0 Å². The summed E-state index contributed by atoms with van der Waals surface area (Å²) in [4.78, 5) is 28.1. The van der Waals surface area contributed by atoms with Crippen LogP contribution in [-0.4, -0.2) is 26.3 Å². The zero-order chi connectivity index (χ0) is 14.8. The van der Waals surface area contributed by atoms with Crippen LogP contribution in [-0.2, 0) is 11.3 Å². The third kappa shape index (κ3) is 3.44. The maximum atomic E-state index is 12.4. The number of hydrogen-bond donors (Lipinski definition) is 0. The van der Waals surface area contributed by atoms with Crippen molar-refractivity contribution in [3.05, 3.63) is 46.5 Å². The second-order valence-corrected chi connectivity index (χ2v) is 6.15. The van der Waals surface area contributed by atoms with E-state index in [1.165, 1.54) is 6.33 Å². The molecule has 1 saturated carbocycles. The van der Waals surface area contributed by atoms with Gasteiger partial charge in [-0.1, -0.05) is 15.9 Å². The maximum Gasteiger partial charge on any atom is 0.170 e. The number of nitrogens with zero attached hydrogens (tertiary/aromatic N) is 3. The molecule has 0 spiro atoms. The van der Waals surface area contributed by atoms with Gasteiger partial charge in [-0.15, -0.1) is 0 Å². The van der Waals surface area contributed by atoms with E-state index >= 15 is 0 Å². The molecule has 0 saturated heterocycles. The summed E-state index contributed by atoms with van der Waals surface area (Å²) in [5.41, 5.74) is 1.42. The minimum atomic E-state index is -0.116. The number of aromatic nitrogens is 3. The summed E-state index contributed by atoms with van der Waals surface area (Å²) < 4.78 is 2.55. The van der Waals surface area contributed by atoms with E-state index in [-0.39, 0.29) is 23.9 Å². The van der Waals surface area contributed by atoms with Crippen molar-refractivity contribution in [2.24, 2.45) is 5.92 Å². The van der Waals surface area contributed by atoms with Crippen LogP contribution in [0.15, 0.2) is 35.3 Å². The van der Waals surface area contributed by atoms with Gasteiger partial charge < -0.3 is 0 Å². The molecule has 0 unspecified atom stereocenters. The van der Waals surface area contributed by atoms with Crippen molar-refractivity contribution in [3.8, 4) is 0 Å². The van der Waals surface area contributed by atoms with Crippen LogP contribution in [0.25, 0.3) is 0 Å². The van der Waals surface area contributed by atoms with Gasteiger partial charge in [-0.2, -0.15) is 5.10 Å². The van der Waals surface area contributed by atoms with E-state index < -0.39 is 0 Å². The van der Waals surface area contributed by atoms with Crippen molar-refractivity contribution in [3.63, 3.8) is 0 Å². The number of Topliss-reactive ketones (excluding diaryl/α,β-unsaturated/α-hetero) is 2. The molecule has 6 heteroatoms. The van der Waals surface area contributed by atoms with Crippen LogP contribution in [0.2, 0.25) is 0 Å². The molecule has 1 aliphatic carbocycles. The quantitative estimate of drug-likeness (QED) is 0.595. The van der Waals surface area contributed by atoms with Crippen LogP contribution in [0.5, 0.6) is 0 Å². The molecule has 108 valence electrons. The first-order chi connectivity index (χ1) is 10.1. The number of hydrogen-bond acceptors (Lipinski definition) is 4. The molecule has 0 aliphatic heterocycles. The molecule has 1 heterocycles. The molecule has 0 N–H and O–H groups in total. The number of carbonyl (C=O) groups is 2. The Morgan fingerprint density at radius 1 is 1.33 bits per heavy atom. The fourth-order valence-electron chi connectivity index (χ4n) is 2.26. The van der Waals surface area contributed by atoms with E-state index in [1.54, 1.807) is 17.1 Å². The van der Waals surface area contributed by atoms with Crippen molar-refractivity contribution in [1.29, 1.82) is 0 Å². The molecule has 1 aromatic heterocycles. The van der Waals surface area contributed by atoms with Crippen LogP contribution < -0.4 is 0 Å². The van der Waals surface area contributed by atoms with Crippen LogP contribution >= 0.6 is 15.9 Å². The lowest BCUT2D eigenvalue weighted by atomic mass is 9.99. The second-order valence-electron chi connectivity index (χ2n) is 5.24. The Labute approximate surface area is 130 Å². The van der Waals surface area contributed by atoms with Gasteiger partial charge in [0.2, 0.25) is 0 Å². The summed E-state index contributed by atoms with van der Waals surface area (Å²) >= 11 is 3.41. The predicted octanol–water partition coefficient (Wildman–Crippen LogP) is 2.64. The molecule has 21 heavy (non-hydrogen) atoms. The van der Waals surface area contributed by atoms with Gasteiger partial charge in [-0.05, 0) is 36.6 Å². The van der Waals surface area contributed by atoms with Gasteiger partial charge in [0, 0.05) is 16.0 Å². The summed E-state index contributed by atoms with van der Waals surface area (Å²) in [5, 5.41) is 4.05. The maximum absolute atomic E-state index is 12.4. The molecule has 1 fully saturated rings. The number of benzene rings is 1. The monoisotopic (exact) mass is 347 g/mol. The number of carbonyl (C=O) groups excluding carboxylic acids is 2. The minimum absolute atomic E-state index is 0.00332. The highest BCUT2D eigenvalue weighted by molar-refractivity contribution is 9.10. The fraction of sp³-hybridized carbons (Fsp3) is 0.333.